The van der Waals surface area contributed by atoms with Crippen LogP contribution >= 0.6 is 11.8 Å². The van der Waals surface area contributed by atoms with Crippen LogP contribution in [0, 0.1) is 5.82 Å². The zero-order valence-corrected chi connectivity index (χ0v) is 20.6. The Morgan fingerprint density at radius 2 is 1.67 bits per heavy atom. The van der Waals surface area contributed by atoms with Gasteiger partial charge in [-0.05, 0) is 60.0 Å². The van der Waals surface area contributed by atoms with Crippen LogP contribution in [0.5, 0.6) is 0 Å². The molecule has 36 heavy (non-hydrogen) atoms. The Kier molecular flexibility index (Phi) is 7.09. The highest BCUT2D eigenvalue weighted by atomic mass is 32.2. The minimum absolute atomic E-state index is 0.0811. The van der Waals surface area contributed by atoms with Crippen molar-refractivity contribution in [3.8, 4) is 0 Å². The van der Waals surface area contributed by atoms with Gasteiger partial charge < -0.3 is 5.32 Å². The lowest BCUT2D eigenvalue weighted by Gasteiger charge is -2.14. The number of aromatic nitrogens is 3. The molecule has 1 N–H and O–H groups in total. The molecular formula is C29H25FN4OS. The Hall–Kier alpha value is -3.97. The lowest BCUT2D eigenvalue weighted by molar-refractivity contribution is 0.0940. The van der Waals surface area contributed by atoms with Crippen molar-refractivity contribution in [3.05, 3.63) is 125 Å². The van der Waals surface area contributed by atoms with Crippen LogP contribution < -0.4 is 5.32 Å². The average Bonchev–Trinajstić information content (AvgIpc) is 3.26. The monoisotopic (exact) mass is 496 g/mol. The number of benzene rings is 3. The van der Waals surface area contributed by atoms with Crippen molar-refractivity contribution in [2.45, 2.75) is 30.4 Å². The number of imidazole rings is 1. The first kappa shape index (κ1) is 23.8. The standard InChI is InChI=1S/C29H25FN4OS/c1-20(23-6-3-2-4-7-23)32-28(35)24-13-9-21(10-14-24)18-34-27-26(8-5-17-31-27)33-29(34)36-19-22-11-15-25(30)16-12-22/h2-17,20H,18-19H2,1H3,(H,32,35)/t20-/m0/s1. The van der Waals surface area contributed by atoms with Crippen LogP contribution in [-0.4, -0.2) is 20.4 Å². The molecule has 2 heterocycles. The fourth-order valence-corrected chi connectivity index (χ4v) is 4.93. The SMILES string of the molecule is C[C@H](NC(=O)c1ccc(Cn2c(SCc3ccc(F)cc3)nc3cccnc32)cc1)c1ccccc1. The normalized spacial score (nSPS) is 11.9. The molecule has 0 aliphatic rings. The largest absolute Gasteiger partial charge is 0.346 e. The van der Waals surface area contributed by atoms with Gasteiger partial charge in [-0.2, -0.15) is 0 Å². The number of nitrogens with zero attached hydrogens (tertiary/aromatic N) is 3. The summed E-state index contributed by atoms with van der Waals surface area (Å²) in [6, 6.07) is 27.8. The van der Waals surface area contributed by atoms with Gasteiger partial charge >= 0.3 is 0 Å². The van der Waals surface area contributed by atoms with Crippen molar-refractivity contribution in [1.82, 2.24) is 19.9 Å². The van der Waals surface area contributed by atoms with Crippen molar-refractivity contribution in [3.63, 3.8) is 0 Å². The van der Waals surface area contributed by atoms with E-state index in [0.29, 0.717) is 17.9 Å². The molecule has 0 saturated carbocycles. The number of carbonyl (C=O) groups excluding carboxylic acids is 1. The third kappa shape index (κ3) is 5.47. The summed E-state index contributed by atoms with van der Waals surface area (Å²) in [7, 11) is 0. The Balaban J connectivity index is 1.31. The van der Waals surface area contributed by atoms with E-state index in [-0.39, 0.29) is 17.8 Å². The first-order chi connectivity index (χ1) is 17.6. The van der Waals surface area contributed by atoms with Gasteiger partial charge in [0.15, 0.2) is 10.8 Å². The minimum Gasteiger partial charge on any atom is -0.346 e. The number of nitrogens with one attached hydrogen (secondary N) is 1. The maximum Gasteiger partial charge on any atom is 0.251 e. The second-order valence-electron chi connectivity index (χ2n) is 8.54. The van der Waals surface area contributed by atoms with Crippen LogP contribution in [0.25, 0.3) is 11.2 Å². The summed E-state index contributed by atoms with van der Waals surface area (Å²) in [5.41, 5.74) is 5.36. The summed E-state index contributed by atoms with van der Waals surface area (Å²) in [6.45, 7) is 2.55. The lowest BCUT2D eigenvalue weighted by atomic mass is 10.1. The fourth-order valence-electron chi connectivity index (χ4n) is 3.97. The van der Waals surface area contributed by atoms with Gasteiger partial charge in [0.25, 0.3) is 5.91 Å². The molecule has 7 heteroatoms. The summed E-state index contributed by atoms with van der Waals surface area (Å²) in [5, 5.41) is 3.89. The first-order valence-electron chi connectivity index (χ1n) is 11.7. The summed E-state index contributed by atoms with van der Waals surface area (Å²) in [4.78, 5) is 22.1. The summed E-state index contributed by atoms with van der Waals surface area (Å²) >= 11 is 1.59. The molecule has 0 saturated heterocycles. The van der Waals surface area contributed by atoms with Gasteiger partial charge in [-0.3, -0.25) is 9.36 Å². The zero-order chi connectivity index (χ0) is 24.9. The van der Waals surface area contributed by atoms with Crippen molar-refractivity contribution in [2.75, 3.05) is 0 Å². The highest BCUT2D eigenvalue weighted by Crippen LogP contribution is 2.27. The zero-order valence-electron chi connectivity index (χ0n) is 19.8. The predicted octanol–water partition coefficient (Wildman–Crippen LogP) is 6.40. The van der Waals surface area contributed by atoms with Crippen LogP contribution in [0.2, 0.25) is 0 Å². The molecule has 2 aromatic heterocycles. The maximum atomic E-state index is 13.3. The molecule has 0 fully saturated rings. The Labute approximate surface area is 213 Å². The lowest BCUT2D eigenvalue weighted by Crippen LogP contribution is -2.26. The van der Waals surface area contributed by atoms with E-state index in [9.17, 15) is 9.18 Å². The molecule has 0 aliphatic heterocycles. The fraction of sp³-hybridized carbons (Fsp3) is 0.138. The van der Waals surface area contributed by atoms with Gasteiger partial charge in [0.1, 0.15) is 11.3 Å². The van der Waals surface area contributed by atoms with Crippen LogP contribution in [0.1, 0.15) is 40.0 Å². The highest BCUT2D eigenvalue weighted by Gasteiger charge is 2.15. The third-order valence-corrected chi connectivity index (χ3v) is 7.00. The molecule has 180 valence electrons. The van der Waals surface area contributed by atoms with Crippen LogP contribution in [0.3, 0.4) is 0 Å². The van der Waals surface area contributed by atoms with Crippen molar-refractivity contribution in [1.29, 1.82) is 0 Å². The number of pyridine rings is 1. The molecule has 0 radical (unpaired) electrons. The first-order valence-corrected chi connectivity index (χ1v) is 12.7. The number of hydrogen-bond donors (Lipinski definition) is 1. The number of carbonyl (C=O) groups is 1. The molecule has 5 rings (SSSR count). The van der Waals surface area contributed by atoms with E-state index in [1.54, 1.807) is 30.1 Å². The van der Waals surface area contributed by atoms with E-state index in [1.807, 2.05) is 73.7 Å². The third-order valence-electron chi connectivity index (χ3n) is 5.95. The second kappa shape index (κ2) is 10.7. The van der Waals surface area contributed by atoms with E-state index >= 15 is 0 Å². The Morgan fingerprint density at radius 3 is 2.42 bits per heavy atom. The van der Waals surface area contributed by atoms with Crippen LogP contribution in [0.4, 0.5) is 4.39 Å². The molecule has 0 bridgehead atoms. The van der Waals surface area contributed by atoms with E-state index in [1.165, 1.54) is 12.1 Å². The second-order valence-corrected chi connectivity index (χ2v) is 9.49. The van der Waals surface area contributed by atoms with Gasteiger partial charge in [-0.25, -0.2) is 14.4 Å². The number of hydrogen-bond acceptors (Lipinski definition) is 4. The minimum atomic E-state index is -0.244. The topological polar surface area (TPSA) is 59.8 Å². The summed E-state index contributed by atoms with van der Waals surface area (Å²) in [6.07, 6.45) is 1.76. The molecule has 1 atom stereocenters. The van der Waals surface area contributed by atoms with Crippen molar-refractivity contribution in [2.24, 2.45) is 0 Å². The van der Waals surface area contributed by atoms with Gasteiger partial charge in [0.2, 0.25) is 0 Å². The van der Waals surface area contributed by atoms with E-state index < -0.39 is 0 Å². The van der Waals surface area contributed by atoms with Gasteiger partial charge in [-0.15, -0.1) is 0 Å². The van der Waals surface area contributed by atoms with Crippen molar-refractivity contribution < 1.29 is 9.18 Å². The predicted molar refractivity (Wildman–Crippen MR) is 141 cm³/mol. The summed E-state index contributed by atoms with van der Waals surface area (Å²) < 4.78 is 15.3. The van der Waals surface area contributed by atoms with Crippen LogP contribution in [0.15, 0.2) is 102 Å². The summed E-state index contributed by atoms with van der Waals surface area (Å²) in [5.74, 6) is 0.317. The van der Waals surface area contributed by atoms with Gasteiger partial charge in [0, 0.05) is 17.5 Å². The smallest absolute Gasteiger partial charge is 0.251 e. The molecule has 1 amide bonds. The quantitative estimate of drug-likeness (QED) is 0.253. The highest BCUT2D eigenvalue weighted by molar-refractivity contribution is 7.98. The van der Waals surface area contributed by atoms with E-state index in [4.69, 9.17) is 4.98 Å². The molecule has 3 aromatic carbocycles. The van der Waals surface area contributed by atoms with E-state index in [0.717, 1.165) is 33.0 Å². The van der Waals surface area contributed by atoms with E-state index in [2.05, 4.69) is 14.9 Å². The average molecular weight is 497 g/mol. The number of rotatable bonds is 8. The number of thioether (sulfide) groups is 1. The number of amides is 1. The molecule has 0 spiro atoms. The van der Waals surface area contributed by atoms with Crippen molar-refractivity contribution >= 4 is 28.8 Å². The maximum absolute atomic E-state index is 13.3. The molecule has 0 aliphatic carbocycles. The number of fused-ring (bicyclic) bond motifs is 1. The van der Waals surface area contributed by atoms with Gasteiger partial charge in [-0.1, -0.05) is 66.4 Å². The molecule has 0 unspecified atom stereocenters. The van der Waals surface area contributed by atoms with Gasteiger partial charge in [0.05, 0.1) is 12.6 Å². The molecule has 5 aromatic rings. The van der Waals surface area contributed by atoms with Crippen LogP contribution in [-0.2, 0) is 12.3 Å². The Morgan fingerprint density at radius 1 is 0.944 bits per heavy atom. The molecule has 5 nitrogen and oxygen atoms in total. The Bertz CT molecular complexity index is 1470. The molecular weight excluding hydrogens is 471 g/mol. The number of halogens is 1.